The van der Waals surface area contributed by atoms with Crippen molar-refractivity contribution in [3.05, 3.63) is 47.2 Å². The Kier molecular flexibility index (Phi) is 6.67. The Balaban J connectivity index is 1.46. The Bertz CT molecular complexity index is 897. The van der Waals surface area contributed by atoms with Gasteiger partial charge >= 0.3 is 6.09 Å². The molecule has 1 aromatic carbocycles. The van der Waals surface area contributed by atoms with E-state index in [1.54, 1.807) is 6.20 Å². The first kappa shape index (κ1) is 21.5. The minimum atomic E-state index is -0.363. The second kappa shape index (κ2) is 9.62. The molecule has 0 unspecified atom stereocenters. The highest BCUT2D eigenvalue weighted by atomic mass is 16.6. The van der Waals surface area contributed by atoms with Crippen molar-refractivity contribution in [1.82, 2.24) is 20.2 Å². The van der Waals surface area contributed by atoms with E-state index < -0.39 is 0 Å². The number of nitrogens with zero attached hydrogens (tertiary/aromatic N) is 4. The predicted octanol–water partition coefficient (Wildman–Crippen LogP) is 3.48. The van der Waals surface area contributed by atoms with Crippen LogP contribution in [0.15, 0.2) is 30.5 Å². The molecule has 166 valence electrons. The van der Waals surface area contributed by atoms with Crippen LogP contribution in [0.1, 0.15) is 56.0 Å². The molecule has 0 aliphatic carbocycles. The molecule has 8 heteroatoms. The number of hydrogen-bond acceptors (Lipinski definition) is 7. The van der Waals surface area contributed by atoms with Crippen molar-refractivity contribution in [2.45, 2.75) is 45.9 Å². The number of nitrogens with one attached hydrogen (secondary N) is 2. The molecule has 2 aliphatic rings. The molecule has 2 atom stereocenters. The molecule has 4 rings (SSSR count). The normalized spacial score (nSPS) is 18.8. The van der Waals surface area contributed by atoms with Crippen LogP contribution in [0.25, 0.3) is 0 Å². The fraction of sp³-hybridized carbons (Fsp3) is 0.522. The second-order valence-electron chi connectivity index (χ2n) is 8.08. The van der Waals surface area contributed by atoms with Crippen LogP contribution in [-0.2, 0) is 11.3 Å². The quantitative estimate of drug-likeness (QED) is 0.704. The summed E-state index contributed by atoms with van der Waals surface area (Å²) < 4.78 is 5.16. The summed E-state index contributed by atoms with van der Waals surface area (Å²) in [6, 6.07) is 9.36. The van der Waals surface area contributed by atoms with Gasteiger partial charge in [-0.3, -0.25) is 9.80 Å². The summed E-state index contributed by atoms with van der Waals surface area (Å²) in [6.45, 7) is 11.3. The van der Waals surface area contributed by atoms with Gasteiger partial charge in [-0.25, -0.2) is 9.78 Å². The van der Waals surface area contributed by atoms with Crippen molar-refractivity contribution in [2.24, 2.45) is 0 Å². The maximum absolute atomic E-state index is 12.0. The lowest BCUT2D eigenvalue weighted by Crippen LogP contribution is -2.45. The van der Waals surface area contributed by atoms with Crippen LogP contribution in [0.5, 0.6) is 0 Å². The molecule has 0 bridgehead atoms. The molecule has 3 heterocycles. The minimum Gasteiger partial charge on any atom is -0.444 e. The number of cyclic esters (lactones) is 1. The van der Waals surface area contributed by atoms with E-state index >= 15 is 0 Å². The van der Waals surface area contributed by atoms with Gasteiger partial charge in [-0.05, 0) is 31.4 Å². The lowest BCUT2D eigenvalue weighted by atomic mass is 9.98. The van der Waals surface area contributed by atoms with Gasteiger partial charge in [-0.2, -0.15) is 4.98 Å². The van der Waals surface area contributed by atoms with Crippen LogP contribution in [0, 0.1) is 0 Å². The molecule has 2 aromatic rings. The highest BCUT2D eigenvalue weighted by Gasteiger charge is 2.27. The predicted molar refractivity (Wildman–Crippen MR) is 121 cm³/mol. The Hall–Kier alpha value is -2.71. The van der Waals surface area contributed by atoms with Crippen molar-refractivity contribution in [3.63, 3.8) is 0 Å². The Morgan fingerprint density at radius 1 is 1.16 bits per heavy atom. The number of anilines is 2. The summed E-state index contributed by atoms with van der Waals surface area (Å²) in [6.07, 6.45) is 2.47. The number of hydrogen-bond donors (Lipinski definition) is 2. The first-order valence-electron chi connectivity index (χ1n) is 11.2. The van der Waals surface area contributed by atoms with E-state index in [0.29, 0.717) is 24.4 Å². The number of fused-ring (bicyclic) bond motifs is 1. The Morgan fingerprint density at radius 2 is 1.87 bits per heavy atom. The average Bonchev–Trinajstić information content (AvgIpc) is 2.80. The molecule has 1 aromatic heterocycles. The van der Waals surface area contributed by atoms with Gasteiger partial charge in [-0.1, -0.05) is 31.2 Å². The lowest BCUT2D eigenvalue weighted by Gasteiger charge is -2.34. The van der Waals surface area contributed by atoms with E-state index in [-0.39, 0.29) is 18.7 Å². The Morgan fingerprint density at radius 3 is 2.55 bits per heavy atom. The molecule has 2 aliphatic heterocycles. The fourth-order valence-electron chi connectivity index (χ4n) is 4.37. The molecule has 1 fully saturated rings. The third-order valence-electron chi connectivity index (χ3n) is 6.13. The van der Waals surface area contributed by atoms with E-state index in [0.717, 1.165) is 38.2 Å². The maximum Gasteiger partial charge on any atom is 0.415 e. The van der Waals surface area contributed by atoms with Crippen LogP contribution in [0.3, 0.4) is 0 Å². The fourth-order valence-corrected chi connectivity index (χ4v) is 4.37. The summed E-state index contributed by atoms with van der Waals surface area (Å²) in [5, 5.41) is 6.80. The zero-order valence-corrected chi connectivity index (χ0v) is 18.6. The Labute approximate surface area is 184 Å². The number of piperazine rings is 1. The molecule has 0 saturated carbocycles. The molecule has 31 heavy (non-hydrogen) atoms. The standard InChI is InChI=1S/C23H32N6O2/c1-4-20(28-12-10-24-11-13-28)18-8-6-17(7-9-18)16(3)26-22-25-14-19-15-31-23(30)29(5-2)21(19)27-22/h6-9,14,16,20,24H,4-5,10-13,15H2,1-3H3,(H,25,26,27)/t16-,20+/m0/s1. The third-order valence-corrected chi connectivity index (χ3v) is 6.13. The molecule has 1 amide bonds. The van der Waals surface area contributed by atoms with Gasteiger partial charge < -0.3 is 15.4 Å². The number of carbonyl (C=O) groups is 1. The van der Waals surface area contributed by atoms with E-state index in [2.05, 4.69) is 63.6 Å². The zero-order valence-electron chi connectivity index (χ0n) is 18.6. The van der Waals surface area contributed by atoms with Gasteiger partial charge in [0.15, 0.2) is 0 Å². The van der Waals surface area contributed by atoms with Gasteiger partial charge in [0.1, 0.15) is 12.4 Å². The molecule has 2 N–H and O–H groups in total. The van der Waals surface area contributed by atoms with Crippen molar-refractivity contribution < 1.29 is 9.53 Å². The highest BCUT2D eigenvalue weighted by molar-refractivity contribution is 5.89. The van der Waals surface area contributed by atoms with E-state index in [4.69, 9.17) is 4.74 Å². The average molecular weight is 425 g/mol. The first-order valence-corrected chi connectivity index (χ1v) is 11.2. The van der Waals surface area contributed by atoms with E-state index in [9.17, 15) is 4.79 Å². The number of aromatic nitrogens is 2. The van der Waals surface area contributed by atoms with E-state index in [1.165, 1.54) is 16.0 Å². The molecule has 0 spiro atoms. The molecule has 0 radical (unpaired) electrons. The van der Waals surface area contributed by atoms with Gasteiger partial charge in [-0.15, -0.1) is 0 Å². The number of ether oxygens (including phenoxy) is 1. The van der Waals surface area contributed by atoms with Crippen LogP contribution in [0.4, 0.5) is 16.6 Å². The SMILES string of the molecule is CC[C@H](c1ccc([C@H](C)Nc2ncc3c(n2)N(CC)C(=O)OC3)cc1)N1CCNCC1. The van der Waals surface area contributed by atoms with Crippen LogP contribution >= 0.6 is 0 Å². The smallest absolute Gasteiger partial charge is 0.415 e. The lowest BCUT2D eigenvalue weighted by molar-refractivity contribution is 0.141. The third kappa shape index (κ3) is 4.65. The first-order chi connectivity index (χ1) is 15.1. The van der Waals surface area contributed by atoms with Crippen molar-refractivity contribution in [3.8, 4) is 0 Å². The summed E-state index contributed by atoms with van der Waals surface area (Å²) in [7, 11) is 0. The largest absolute Gasteiger partial charge is 0.444 e. The molecule has 1 saturated heterocycles. The number of amides is 1. The monoisotopic (exact) mass is 424 g/mol. The maximum atomic E-state index is 12.0. The topological polar surface area (TPSA) is 82.6 Å². The van der Waals surface area contributed by atoms with Crippen LogP contribution in [-0.4, -0.2) is 53.7 Å². The number of benzene rings is 1. The van der Waals surface area contributed by atoms with Crippen LogP contribution < -0.4 is 15.5 Å². The van der Waals surface area contributed by atoms with Gasteiger partial charge in [0.2, 0.25) is 5.95 Å². The summed E-state index contributed by atoms with van der Waals surface area (Å²) in [5.41, 5.74) is 3.36. The van der Waals surface area contributed by atoms with Gasteiger partial charge in [0, 0.05) is 45.0 Å². The molecule has 8 nitrogen and oxygen atoms in total. The summed E-state index contributed by atoms with van der Waals surface area (Å²) >= 11 is 0. The summed E-state index contributed by atoms with van der Waals surface area (Å²) in [4.78, 5) is 25.1. The zero-order chi connectivity index (χ0) is 21.8. The number of carbonyl (C=O) groups excluding carboxylic acids is 1. The minimum absolute atomic E-state index is 0.0389. The van der Waals surface area contributed by atoms with Crippen molar-refractivity contribution in [1.29, 1.82) is 0 Å². The highest BCUT2D eigenvalue weighted by Crippen LogP contribution is 2.28. The summed E-state index contributed by atoms with van der Waals surface area (Å²) in [5.74, 6) is 1.14. The second-order valence-corrected chi connectivity index (χ2v) is 8.08. The van der Waals surface area contributed by atoms with Crippen molar-refractivity contribution >= 4 is 17.9 Å². The van der Waals surface area contributed by atoms with Crippen LogP contribution in [0.2, 0.25) is 0 Å². The molecular weight excluding hydrogens is 392 g/mol. The van der Waals surface area contributed by atoms with Gasteiger partial charge in [0.25, 0.3) is 0 Å². The molecular formula is C23H32N6O2. The van der Waals surface area contributed by atoms with E-state index in [1.807, 2.05) is 6.92 Å². The van der Waals surface area contributed by atoms with Crippen molar-refractivity contribution in [2.75, 3.05) is 42.9 Å². The van der Waals surface area contributed by atoms with Gasteiger partial charge in [0.05, 0.1) is 11.6 Å². The number of rotatable bonds is 7.